The smallest absolute Gasteiger partial charge is 0.260 e. The van der Waals surface area contributed by atoms with Gasteiger partial charge in [-0.25, -0.2) is 0 Å². The van der Waals surface area contributed by atoms with Gasteiger partial charge in [-0.15, -0.1) is 0 Å². The molecule has 0 aromatic heterocycles. The lowest BCUT2D eigenvalue weighted by Crippen LogP contribution is -2.59. The van der Waals surface area contributed by atoms with Crippen molar-refractivity contribution in [1.82, 2.24) is 15.1 Å². The Morgan fingerprint density at radius 1 is 0.971 bits per heavy atom. The highest BCUT2D eigenvalue weighted by Gasteiger charge is 2.38. The molecule has 2 heterocycles. The summed E-state index contributed by atoms with van der Waals surface area (Å²) in [5.41, 5.74) is 0.515. The molecule has 0 radical (unpaired) electrons. The van der Waals surface area contributed by atoms with Crippen molar-refractivity contribution in [2.75, 3.05) is 72.9 Å². The van der Waals surface area contributed by atoms with Crippen LogP contribution >= 0.6 is 0 Å². The molecule has 0 atom stereocenters. The van der Waals surface area contributed by atoms with Gasteiger partial charge in [0.25, 0.3) is 11.8 Å². The second-order valence-corrected chi connectivity index (χ2v) is 9.21. The molecule has 2 aliphatic heterocycles. The third-order valence-corrected chi connectivity index (χ3v) is 7.18. The van der Waals surface area contributed by atoms with Crippen molar-refractivity contribution in [3.8, 4) is 11.5 Å². The fourth-order valence-electron chi connectivity index (χ4n) is 5.17. The standard InChI is InChI=1S/C25H37N3O6/c1-31-22-17-20(5-6-21(22)34-18-23(29)27-9-13-32-14-10-27)24(30)26-19-25(7-3-2-4-8-25)28-11-15-33-16-12-28/h5-6,17H,2-4,7-16,18-19H2,1H3,(H,26,30). The second kappa shape index (κ2) is 11.9. The Kier molecular flexibility index (Phi) is 8.64. The molecular formula is C25H37N3O6. The number of nitrogens with one attached hydrogen (secondary N) is 1. The largest absolute Gasteiger partial charge is 0.493 e. The first kappa shape index (κ1) is 24.8. The van der Waals surface area contributed by atoms with Gasteiger partial charge in [-0.2, -0.15) is 0 Å². The second-order valence-electron chi connectivity index (χ2n) is 9.21. The quantitative estimate of drug-likeness (QED) is 0.612. The third kappa shape index (κ3) is 6.00. The Morgan fingerprint density at radius 3 is 2.32 bits per heavy atom. The maximum absolute atomic E-state index is 13.0. The van der Waals surface area contributed by atoms with Crippen LogP contribution in [0.3, 0.4) is 0 Å². The Balaban J connectivity index is 1.36. The molecule has 0 unspecified atom stereocenters. The molecule has 1 aromatic rings. The average Bonchev–Trinajstić information content (AvgIpc) is 2.91. The number of ether oxygens (including phenoxy) is 4. The summed E-state index contributed by atoms with van der Waals surface area (Å²) in [5.74, 6) is 0.654. The lowest BCUT2D eigenvalue weighted by Gasteiger charge is -2.48. The zero-order chi connectivity index (χ0) is 23.8. The van der Waals surface area contributed by atoms with E-state index in [4.69, 9.17) is 18.9 Å². The molecule has 9 heteroatoms. The molecule has 3 aliphatic rings. The number of carbonyl (C=O) groups is 2. The normalized spacial score (nSPS) is 21.0. The van der Waals surface area contributed by atoms with E-state index in [9.17, 15) is 9.59 Å². The van der Waals surface area contributed by atoms with Crippen LogP contribution in [-0.4, -0.2) is 100 Å². The van der Waals surface area contributed by atoms with Crippen LogP contribution in [0.1, 0.15) is 42.5 Å². The summed E-state index contributed by atoms with van der Waals surface area (Å²) in [6, 6.07) is 5.08. The molecule has 188 valence electrons. The molecule has 4 rings (SSSR count). The van der Waals surface area contributed by atoms with Crippen molar-refractivity contribution in [3.63, 3.8) is 0 Å². The van der Waals surface area contributed by atoms with Crippen LogP contribution in [0.15, 0.2) is 18.2 Å². The molecule has 0 bridgehead atoms. The SMILES string of the molecule is COc1cc(C(=O)NCC2(N3CCOCC3)CCCCC2)ccc1OCC(=O)N1CCOCC1. The van der Waals surface area contributed by atoms with Crippen molar-refractivity contribution in [1.29, 1.82) is 0 Å². The third-order valence-electron chi connectivity index (χ3n) is 7.18. The number of amides is 2. The minimum absolute atomic E-state index is 0.00464. The van der Waals surface area contributed by atoms with Gasteiger partial charge in [0.2, 0.25) is 0 Å². The van der Waals surface area contributed by atoms with Crippen molar-refractivity contribution < 1.29 is 28.5 Å². The highest BCUT2D eigenvalue weighted by molar-refractivity contribution is 5.95. The molecule has 9 nitrogen and oxygen atoms in total. The summed E-state index contributed by atoms with van der Waals surface area (Å²) in [4.78, 5) is 29.7. The summed E-state index contributed by atoms with van der Waals surface area (Å²) in [6.07, 6.45) is 5.83. The van der Waals surface area contributed by atoms with Gasteiger partial charge in [-0.05, 0) is 31.0 Å². The maximum atomic E-state index is 13.0. The minimum Gasteiger partial charge on any atom is -0.493 e. The van der Waals surface area contributed by atoms with Crippen molar-refractivity contribution in [2.45, 2.75) is 37.6 Å². The molecule has 2 saturated heterocycles. The van der Waals surface area contributed by atoms with Crippen LogP contribution in [0.2, 0.25) is 0 Å². The van der Waals surface area contributed by atoms with E-state index in [-0.39, 0.29) is 24.0 Å². The topological polar surface area (TPSA) is 89.6 Å². The molecule has 34 heavy (non-hydrogen) atoms. The molecule has 3 fully saturated rings. The van der Waals surface area contributed by atoms with E-state index in [0.29, 0.717) is 49.9 Å². The van der Waals surface area contributed by atoms with E-state index in [1.165, 1.54) is 26.4 Å². The van der Waals surface area contributed by atoms with Crippen molar-refractivity contribution >= 4 is 11.8 Å². The van der Waals surface area contributed by atoms with Crippen LogP contribution in [0, 0.1) is 0 Å². The van der Waals surface area contributed by atoms with Gasteiger partial charge in [0, 0.05) is 43.8 Å². The predicted molar refractivity (Wildman–Crippen MR) is 126 cm³/mol. The number of benzene rings is 1. The number of methoxy groups -OCH3 is 1. The fraction of sp³-hybridized carbons (Fsp3) is 0.680. The lowest BCUT2D eigenvalue weighted by molar-refractivity contribution is -0.137. The van der Waals surface area contributed by atoms with Crippen LogP contribution in [0.5, 0.6) is 11.5 Å². The summed E-state index contributed by atoms with van der Waals surface area (Å²) in [6.45, 7) is 6.12. The van der Waals surface area contributed by atoms with Crippen LogP contribution in [0.25, 0.3) is 0 Å². The summed E-state index contributed by atoms with van der Waals surface area (Å²) in [7, 11) is 1.53. The van der Waals surface area contributed by atoms with Gasteiger partial charge in [-0.3, -0.25) is 14.5 Å². The number of morpholine rings is 2. The lowest BCUT2D eigenvalue weighted by atomic mass is 9.79. The van der Waals surface area contributed by atoms with Crippen LogP contribution in [0.4, 0.5) is 0 Å². The number of hydrogen-bond acceptors (Lipinski definition) is 7. The highest BCUT2D eigenvalue weighted by atomic mass is 16.5. The molecular weight excluding hydrogens is 438 g/mol. The molecule has 1 aliphatic carbocycles. The molecule has 2 amide bonds. The van der Waals surface area contributed by atoms with Gasteiger partial charge < -0.3 is 29.2 Å². The first-order valence-corrected chi connectivity index (χ1v) is 12.4. The molecule has 1 saturated carbocycles. The van der Waals surface area contributed by atoms with E-state index in [1.54, 1.807) is 23.1 Å². The fourth-order valence-corrected chi connectivity index (χ4v) is 5.17. The average molecular weight is 476 g/mol. The monoisotopic (exact) mass is 475 g/mol. The summed E-state index contributed by atoms with van der Waals surface area (Å²) < 4.78 is 22.0. The Hall–Kier alpha value is -2.36. The summed E-state index contributed by atoms with van der Waals surface area (Å²) in [5, 5.41) is 3.18. The van der Waals surface area contributed by atoms with E-state index in [2.05, 4.69) is 10.2 Å². The zero-order valence-corrected chi connectivity index (χ0v) is 20.2. The highest BCUT2D eigenvalue weighted by Crippen LogP contribution is 2.34. The number of hydrogen-bond donors (Lipinski definition) is 1. The molecule has 1 N–H and O–H groups in total. The van der Waals surface area contributed by atoms with Gasteiger partial charge in [0.1, 0.15) is 0 Å². The maximum Gasteiger partial charge on any atom is 0.260 e. The molecule has 1 aromatic carbocycles. The van der Waals surface area contributed by atoms with E-state index < -0.39 is 0 Å². The van der Waals surface area contributed by atoms with Crippen LogP contribution in [-0.2, 0) is 14.3 Å². The number of carbonyl (C=O) groups excluding carboxylic acids is 2. The van der Waals surface area contributed by atoms with Gasteiger partial charge in [0.15, 0.2) is 18.1 Å². The first-order valence-electron chi connectivity index (χ1n) is 12.4. The first-order chi connectivity index (χ1) is 16.6. The van der Waals surface area contributed by atoms with Gasteiger partial charge in [0.05, 0.1) is 33.5 Å². The van der Waals surface area contributed by atoms with E-state index in [0.717, 1.165) is 39.1 Å². The summed E-state index contributed by atoms with van der Waals surface area (Å²) >= 11 is 0. The van der Waals surface area contributed by atoms with E-state index in [1.807, 2.05) is 0 Å². The molecule has 0 spiro atoms. The Bertz CT molecular complexity index is 830. The van der Waals surface area contributed by atoms with E-state index >= 15 is 0 Å². The Labute approximate surface area is 201 Å². The predicted octanol–water partition coefficient (Wildman–Crippen LogP) is 1.70. The Morgan fingerprint density at radius 2 is 1.65 bits per heavy atom. The minimum atomic E-state index is -0.132. The number of rotatable bonds is 8. The van der Waals surface area contributed by atoms with Gasteiger partial charge in [-0.1, -0.05) is 19.3 Å². The van der Waals surface area contributed by atoms with Crippen molar-refractivity contribution in [3.05, 3.63) is 23.8 Å². The number of nitrogens with zero attached hydrogens (tertiary/aromatic N) is 2. The zero-order valence-electron chi connectivity index (χ0n) is 20.2. The van der Waals surface area contributed by atoms with Gasteiger partial charge >= 0.3 is 0 Å². The van der Waals surface area contributed by atoms with Crippen molar-refractivity contribution in [2.24, 2.45) is 0 Å². The van der Waals surface area contributed by atoms with Crippen LogP contribution < -0.4 is 14.8 Å².